The fraction of sp³-hybridized carbons (Fsp3) is 0. The Bertz CT molecular complexity index is 783. The van der Waals surface area contributed by atoms with Crippen molar-refractivity contribution in [1.82, 2.24) is 4.98 Å². The molecule has 0 bridgehead atoms. The van der Waals surface area contributed by atoms with Gasteiger partial charge in [-0.05, 0) is 30.3 Å². The molecule has 3 rings (SSSR count). The number of nitrogens with zero attached hydrogens (tertiary/aromatic N) is 1. The van der Waals surface area contributed by atoms with Gasteiger partial charge in [-0.15, -0.1) is 0 Å². The van der Waals surface area contributed by atoms with Crippen LogP contribution in [-0.4, -0.2) is 10.8 Å². The molecule has 0 fully saturated rings. The van der Waals surface area contributed by atoms with Gasteiger partial charge in [-0.25, -0.2) is 0 Å². The Morgan fingerprint density at radius 2 is 1.90 bits per heavy atom. The van der Waals surface area contributed by atoms with Crippen molar-refractivity contribution in [2.24, 2.45) is 5.73 Å². The fourth-order valence-electron chi connectivity index (χ4n) is 2.01. The van der Waals surface area contributed by atoms with Crippen molar-refractivity contribution in [3.8, 4) is 11.5 Å². The van der Waals surface area contributed by atoms with Gasteiger partial charge in [0.25, 0.3) is 0 Å². The number of para-hydroxylation sites is 1. The van der Waals surface area contributed by atoms with Crippen molar-refractivity contribution in [3.63, 3.8) is 0 Å². The van der Waals surface area contributed by atoms with Crippen LogP contribution < -0.4 is 10.5 Å². The van der Waals surface area contributed by atoms with E-state index in [1.165, 1.54) is 0 Å². The van der Waals surface area contributed by atoms with E-state index in [4.69, 9.17) is 15.9 Å². The zero-order chi connectivity index (χ0) is 13.9. The molecule has 1 aromatic heterocycles. The highest BCUT2D eigenvalue weighted by atomic mass is 16.5. The van der Waals surface area contributed by atoms with Crippen LogP contribution in [0.4, 0.5) is 0 Å². The second-order valence-corrected chi connectivity index (χ2v) is 4.37. The second-order valence-electron chi connectivity index (χ2n) is 4.37. The Kier molecular flexibility index (Phi) is 3.05. The molecule has 0 atom stereocenters. The standard InChI is InChI=1S/C16H13N3O/c17-16(18)13-5-1-2-6-15(13)20-12-8-7-11-4-3-9-19-14(11)10-12/h1-10H,(H3,17,18). The van der Waals surface area contributed by atoms with Gasteiger partial charge in [0.2, 0.25) is 0 Å². The van der Waals surface area contributed by atoms with E-state index in [2.05, 4.69) is 4.98 Å². The minimum Gasteiger partial charge on any atom is -0.457 e. The highest BCUT2D eigenvalue weighted by Gasteiger charge is 2.07. The van der Waals surface area contributed by atoms with Gasteiger partial charge in [0, 0.05) is 17.6 Å². The SMILES string of the molecule is N=C(N)c1ccccc1Oc1ccc2cccnc2c1. The summed E-state index contributed by atoms with van der Waals surface area (Å²) in [5.41, 5.74) is 6.99. The molecule has 3 aromatic rings. The van der Waals surface area contributed by atoms with Gasteiger partial charge in [0.15, 0.2) is 0 Å². The van der Waals surface area contributed by atoms with Crippen molar-refractivity contribution in [3.05, 3.63) is 66.4 Å². The van der Waals surface area contributed by atoms with Crippen LogP contribution in [0.25, 0.3) is 10.9 Å². The predicted molar refractivity (Wildman–Crippen MR) is 79.3 cm³/mol. The van der Waals surface area contributed by atoms with E-state index in [1.807, 2.05) is 42.5 Å². The number of nitrogen functional groups attached to an aromatic ring is 1. The van der Waals surface area contributed by atoms with E-state index in [0.29, 0.717) is 17.1 Å². The number of fused-ring (bicyclic) bond motifs is 1. The van der Waals surface area contributed by atoms with Crippen LogP contribution in [0.1, 0.15) is 5.56 Å². The Labute approximate surface area is 116 Å². The molecule has 0 amide bonds. The number of amidine groups is 1. The number of rotatable bonds is 3. The van der Waals surface area contributed by atoms with Crippen molar-refractivity contribution < 1.29 is 4.74 Å². The van der Waals surface area contributed by atoms with E-state index in [-0.39, 0.29) is 5.84 Å². The maximum absolute atomic E-state index is 7.56. The summed E-state index contributed by atoms with van der Waals surface area (Å²) in [4.78, 5) is 4.29. The number of hydrogen-bond acceptors (Lipinski definition) is 3. The first-order valence-corrected chi connectivity index (χ1v) is 6.20. The second kappa shape index (κ2) is 5.01. The average molecular weight is 263 g/mol. The Hall–Kier alpha value is -2.88. The highest BCUT2D eigenvalue weighted by molar-refractivity contribution is 5.97. The van der Waals surface area contributed by atoms with Gasteiger partial charge in [-0.2, -0.15) is 0 Å². The molecule has 1 heterocycles. The average Bonchev–Trinajstić information content (AvgIpc) is 2.47. The first-order chi connectivity index (χ1) is 9.74. The monoisotopic (exact) mass is 263 g/mol. The van der Waals surface area contributed by atoms with E-state index >= 15 is 0 Å². The number of pyridine rings is 1. The summed E-state index contributed by atoms with van der Waals surface area (Å²) >= 11 is 0. The Morgan fingerprint density at radius 3 is 2.75 bits per heavy atom. The minimum atomic E-state index is -0.0143. The zero-order valence-corrected chi connectivity index (χ0v) is 10.7. The maximum atomic E-state index is 7.56. The van der Waals surface area contributed by atoms with Crippen molar-refractivity contribution in [2.45, 2.75) is 0 Å². The number of nitrogens with one attached hydrogen (secondary N) is 1. The summed E-state index contributed by atoms with van der Waals surface area (Å²) in [5.74, 6) is 1.22. The highest BCUT2D eigenvalue weighted by Crippen LogP contribution is 2.27. The molecule has 2 aromatic carbocycles. The summed E-state index contributed by atoms with van der Waals surface area (Å²) in [6, 6.07) is 16.8. The quantitative estimate of drug-likeness (QED) is 0.562. The van der Waals surface area contributed by atoms with Crippen LogP contribution >= 0.6 is 0 Å². The first-order valence-electron chi connectivity index (χ1n) is 6.20. The van der Waals surface area contributed by atoms with Crippen LogP contribution in [0, 0.1) is 5.41 Å². The number of nitrogens with two attached hydrogens (primary N) is 1. The molecule has 98 valence electrons. The van der Waals surface area contributed by atoms with E-state index < -0.39 is 0 Å². The minimum absolute atomic E-state index is 0.0143. The van der Waals surface area contributed by atoms with Gasteiger partial charge in [-0.3, -0.25) is 10.4 Å². The van der Waals surface area contributed by atoms with E-state index in [9.17, 15) is 0 Å². The maximum Gasteiger partial charge on any atom is 0.138 e. The third kappa shape index (κ3) is 2.31. The molecular formula is C16H13N3O. The van der Waals surface area contributed by atoms with Crippen LogP contribution in [0.3, 0.4) is 0 Å². The van der Waals surface area contributed by atoms with E-state index in [1.54, 1.807) is 18.3 Å². The lowest BCUT2D eigenvalue weighted by atomic mass is 10.2. The zero-order valence-electron chi connectivity index (χ0n) is 10.7. The summed E-state index contributed by atoms with van der Waals surface area (Å²) in [7, 11) is 0. The Morgan fingerprint density at radius 1 is 1.05 bits per heavy atom. The molecule has 0 unspecified atom stereocenters. The topological polar surface area (TPSA) is 72.0 Å². The number of hydrogen-bond donors (Lipinski definition) is 2. The predicted octanol–water partition coefficient (Wildman–Crippen LogP) is 3.31. The molecule has 0 radical (unpaired) electrons. The fourth-order valence-corrected chi connectivity index (χ4v) is 2.01. The lowest BCUT2D eigenvalue weighted by molar-refractivity contribution is 0.482. The lowest BCUT2D eigenvalue weighted by Crippen LogP contribution is -2.12. The van der Waals surface area contributed by atoms with Crippen LogP contribution in [0.5, 0.6) is 11.5 Å². The Balaban J connectivity index is 1.99. The third-order valence-corrected chi connectivity index (χ3v) is 2.98. The molecule has 4 heteroatoms. The molecule has 0 saturated carbocycles. The summed E-state index contributed by atoms with van der Waals surface area (Å²) in [5, 5.41) is 8.61. The first kappa shape index (κ1) is 12.2. The number of ether oxygens (including phenoxy) is 1. The molecule has 0 aliphatic heterocycles. The van der Waals surface area contributed by atoms with Crippen molar-refractivity contribution in [2.75, 3.05) is 0 Å². The number of benzene rings is 2. The summed E-state index contributed by atoms with van der Waals surface area (Å²) in [6.07, 6.45) is 1.75. The third-order valence-electron chi connectivity index (χ3n) is 2.98. The van der Waals surface area contributed by atoms with Crippen LogP contribution in [-0.2, 0) is 0 Å². The van der Waals surface area contributed by atoms with Crippen molar-refractivity contribution >= 4 is 16.7 Å². The normalized spacial score (nSPS) is 10.4. The molecule has 4 nitrogen and oxygen atoms in total. The molecular weight excluding hydrogens is 250 g/mol. The molecule has 20 heavy (non-hydrogen) atoms. The smallest absolute Gasteiger partial charge is 0.138 e. The van der Waals surface area contributed by atoms with E-state index in [0.717, 1.165) is 10.9 Å². The van der Waals surface area contributed by atoms with Crippen LogP contribution in [0.2, 0.25) is 0 Å². The molecule has 3 N–H and O–H groups in total. The molecule has 0 spiro atoms. The lowest BCUT2D eigenvalue weighted by Gasteiger charge is -2.10. The van der Waals surface area contributed by atoms with Gasteiger partial charge in [-0.1, -0.05) is 18.2 Å². The van der Waals surface area contributed by atoms with Crippen molar-refractivity contribution in [1.29, 1.82) is 5.41 Å². The molecule has 0 aliphatic carbocycles. The molecule has 0 aliphatic rings. The van der Waals surface area contributed by atoms with Gasteiger partial charge in [0.1, 0.15) is 17.3 Å². The van der Waals surface area contributed by atoms with Crippen LogP contribution in [0.15, 0.2) is 60.8 Å². The summed E-state index contributed by atoms with van der Waals surface area (Å²) in [6.45, 7) is 0. The molecule has 0 saturated heterocycles. The summed E-state index contributed by atoms with van der Waals surface area (Å²) < 4.78 is 5.82. The van der Waals surface area contributed by atoms with Gasteiger partial charge in [0.05, 0.1) is 11.1 Å². The van der Waals surface area contributed by atoms with Gasteiger partial charge >= 0.3 is 0 Å². The largest absolute Gasteiger partial charge is 0.457 e. The number of aromatic nitrogens is 1. The van der Waals surface area contributed by atoms with Gasteiger partial charge < -0.3 is 10.5 Å².